The van der Waals surface area contributed by atoms with E-state index in [1.54, 1.807) is 13.8 Å². The van der Waals surface area contributed by atoms with Crippen LogP contribution >= 0.6 is 0 Å². The quantitative estimate of drug-likeness (QED) is 0.767. The van der Waals surface area contributed by atoms with Crippen LogP contribution in [0.4, 0.5) is 0 Å². The largest absolute Gasteiger partial charge is 0.358 e. The summed E-state index contributed by atoms with van der Waals surface area (Å²) in [6, 6.07) is 0. The third-order valence-electron chi connectivity index (χ3n) is 2.39. The molecule has 1 N–H and O–H groups in total. The van der Waals surface area contributed by atoms with Gasteiger partial charge in [0.2, 0.25) is 0 Å². The van der Waals surface area contributed by atoms with Crippen LogP contribution in [0, 0.1) is 6.92 Å². The summed E-state index contributed by atoms with van der Waals surface area (Å²) in [5, 5.41) is 0. The first-order valence-electron chi connectivity index (χ1n) is 5.50. The van der Waals surface area contributed by atoms with Crippen molar-refractivity contribution < 1.29 is 4.74 Å². The van der Waals surface area contributed by atoms with Crippen LogP contribution in [0.25, 0.3) is 0 Å². The summed E-state index contributed by atoms with van der Waals surface area (Å²) >= 11 is 0. The number of ether oxygens (including phenoxy) is 1. The summed E-state index contributed by atoms with van der Waals surface area (Å²) in [6.07, 6.45) is 3.18. The Morgan fingerprint density at radius 2 is 2.19 bits per heavy atom. The van der Waals surface area contributed by atoms with E-state index in [0.717, 1.165) is 12.8 Å². The molecule has 1 aromatic heterocycles. The first kappa shape index (κ1) is 12.7. The minimum absolute atomic E-state index is 0.345. The van der Waals surface area contributed by atoms with Crippen molar-refractivity contribution in [2.75, 3.05) is 6.61 Å². The molecule has 5 heteroatoms. The number of aromatic amines is 1. The minimum Gasteiger partial charge on any atom is -0.358 e. The van der Waals surface area contributed by atoms with Crippen LogP contribution in [0.15, 0.2) is 15.8 Å². The van der Waals surface area contributed by atoms with E-state index < -0.39 is 5.69 Å². The number of hydrogen-bond acceptors (Lipinski definition) is 3. The van der Waals surface area contributed by atoms with Crippen molar-refractivity contribution in [3.63, 3.8) is 0 Å². The minimum atomic E-state index is -0.431. The van der Waals surface area contributed by atoms with Crippen LogP contribution in [0.5, 0.6) is 0 Å². The Morgan fingerprint density at radius 1 is 1.50 bits per heavy atom. The molecule has 0 bridgehead atoms. The zero-order chi connectivity index (χ0) is 12.1. The molecule has 0 aliphatic carbocycles. The first-order chi connectivity index (χ1) is 7.56. The molecule has 1 unspecified atom stereocenters. The van der Waals surface area contributed by atoms with E-state index >= 15 is 0 Å². The molecule has 0 amide bonds. The van der Waals surface area contributed by atoms with Gasteiger partial charge >= 0.3 is 5.69 Å². The predicted octanol–water partition coefficient (Wildman–Crippen LogP) is 1.18. The lowest BCUT2D eigenvalue weighted by molar-refractivity contribution is 0.0113. The van der Waals surface area contributed by atoms with Gasteiger partial charge in [-0.25, -0.2) is 4.79 Å². The molecule has 1 atom stereocenters. The molecule has 1 rings (SSSR count). The second-order valence-corrected chi connectivity index (χ2v) is 3.80. The van der Waals surface area contributed by atoms with Gasteiger partial charge in [-0.1, -0.05) is 13.3 Å². The van der Waals surface area contributed by atoms with Crippen molar-refractivity contribution in [1.29, 1.82) is 0 Å². The molecule has 0 saturated heterocycles. The number of nitrogens with one attached hydrogen (secondary N) is 1. The van der Waals surface area contributed by atoms with Gasteiger partial charge in [0.15, 0.2) is 0 Å². The monoisotopic (exact) mass is 226 g/mol. The average molecular weight is 226 g/mol. The van der Waals surface area contributed by atoms with Gasteiger partial charge < -0.3 is 4.74 Å². The van der Waals surface area contributed by atoms with Crippen LogP contribution in [0.3, 0.4) is 0 Å². The smallest absolute Gasteiger partial charge is 0.330 e. The number of aryl methyl sites for hydroxylation is 1. The molecule has 1 heterocycles. The standard InChI is InChI=1S/C11H18N2O3/c1-4-5-6-16-9(3)13-7-8(2)10(14)12-11(13)15/h7,9H,4-6H2,1-3H3,(H,12,14,15). The van der Waals surface area contributed by atoms with Crippen molar-refractivity contribution in [3.05, 3.63) is 32.6 Å². The molecule has 0 aliphatic heterocycles. The Morgan fingerprint density at radius 3 is 2.81 bits per heavy atom. The summed E-state index contributed by atoms with van der Waals surface area (Å²) in [5.41, 5.74) is -0.271. The Balaban J connectivity index is 2.83. The number of hydrogen-bond donors (Lipinski definition) is 1. The van der Waals surface area contributed by atoms with E-state index in [-0.39, 0.29) is 11.8 Å². The fraction of sp³-hybridized carbons (Fsp3) is 0.636. The van der Waals surface area contributed by atoms with Crippen molar-refractivity contribution in [2.45, 2.75) is 39.8 Å². The van der Waals surface area contributed by atoms with E-state index in [2.05, 4.69) is 11.9 Å². The van der Waals surface area contributed by atoms with Crippen molar-refractivity contribution in [1.82, 2.24) is 9.55 Å². The normalized spacial score (nSPS) is 12.7. The first-order valence-corrected chi connectivity index (χ1v) is 5.50. The molecule has 16 heavy (non-hydrogen) atoms. The highest BCUT2D eigenvalue weighted by atomic mass is 16.5. The maximum atomic E-state index is 11.5. The molecule has 90 valence electrons. The van der Waals surface area contributed by atoms with Gasteiger partial charge in [0, 0.05) is 18.4 Å². The van der Waals surface area contributed by atoms with E-state index in [0.29, 0.717) is 12.2 Å². The average Bonchev–Trinajstić information content (AvgIpc) is 2.23. The molecule has 0 aliphatic rings. The lowest BCUT2D eigenvalue weighted by Crippen LogP contribution is -2.33. The van der Waals surface area contributed by atoms with Gasteiger partial charge in [-0.05, 0) is 20.3 Å². The zero-order valence-corrected chi connectivity index (χ0v) is 9.95. The summed E-state index contributed by atoms with van der Waals surface area (Å²) in [4.78, 5) is 24.9. The van der Waals surface area contributed by atoms with Crippen LogP contribution in [0.2, 0.25) is 0 Å². The molecule has 5 nitrogen and oxygen atoms in total. The highest BCUT2D eigenvalue weighted by Gasteiger charge is 2.08. The summed E-state index contributed by atoms with van der Waals surface area (Å²) in [7, 11) is 0. The van der Waals surface area contributed by atoms with E-state index in [1.165, 1.54) is 10.8 Å². The second kappa shape index (κ2) is 5.65. The maximum Gasteiger partial charge on any atom is 0.330 e. The molecular weight excluding hydrogens is 208 g/mol. The van der Waals surface area contributed by atoms with Crippen LogP contribution in [-0.4, -0.2) is 16.2 Å². The van der Waals surface area contributed by atoms with Crippen LogP contribution in [-0.2, 0) is 4.74 Å². The number of unbranched alkanes of at least 4 members (excludes halogenated alkanes) is 1. The summed E-state index contributed by atoms with van der Waals surface area (Å²) in [5.74, 6) is 0. The maximum absolute atomic E-state index is 11.5. The molecule has 0 spiro atoms. The van der Waals surface area contributed by atoms with Crippen molar-refractivity contribution in [2.24, 2.45) is 0 Å². The highest BCUT2D eigenvalue weighted by Crippen LogP contribution is 2.04. The molecule has 0 saturated carbocycles. The third kappa shape index (κ3) is 3.06. The number of H-pyrrole nitrogens is 1. The molecule has 0 aromatic carbocycles. The van der Waals surface area contributed by atoms with Gasteiger partial charge in [0.1, 0.15) is 6.23 Å². The zero-order valence-electron chi connectivity index (χ0n) is 9.95. The lowest BCUT2D eigenvalue weighted by atomic mass is 10.3. The van der Waals surface area contributed by atoms with E-state index in [1.807, 2.05) is 0 Å². The molecule has 0 fully saturated rings. The third-order valence-corrected chi connectivity index (χ3v) is 2.39. The van der Waals surface area contributed by atoms with Gasteiger partial charge in [-0.2, -0.15) is 0 Å². The van der Waals surface area contributed by atoms with Gasteiger partial charge in [0.25, 0.3) is 5.56 Å². The van der Waals surface area contributed by atoms with Crippen LogP contribution < -0.4 is 11.2 Å². The number of aromatic nitrogens is 2. The van der Waals surface area contributed by atoms with Crippen molar-refractivity contribution in [3.8, 4) is 0 Å². The number of nitrogens with zero attached hydrogens (tertiary/aromatic N) is 1. The Hall–Kier alpha value is -1.36. The van der Waals surface area contributed by atoms with E-state index in [9.17, 15) is 9.59 Å². The van der Waals surface area contributed by atoms with Gasteiger partial charge in [0.05, 0.1) is 0 Å². The van der Waals surface area contributed by atoms with Crippen molar-refractivity contribution >= 4 is 0 Å². The fourth-order valence-electron chi connectivity index (χ4n) is 1.33. The molecular formula is C11H18N2O3. The lowest BCUT2D eigenvalue weighted by Gasteiger charge is -2.15. The molecule has 0 radical (unpaired) electrons. The highest BCUT2D eigenvalue weighted by molar-refractivity contribution is 5.00. The topological polar surface area (TPSA) is 64.1 Å². The number of rotatable bonds is 5. The summed E-state index contributed by atoms with van der Waals surface area (Å²) < 4.78 is 6.88. The second-order valence-electron chi connectivity index (χ2n) is 3.80. The predicted molar refractivity (Wildman–Crippen MR) is 61.6 cm³/mol. The van der Waals surface area contributed by atoms with E-state index in [4.69, 9.17) is 4.74 Å². The summed E-state index contributed by atoms with van der Waals surface area (Å²) in [6.45, 7) is 6.13. The Bertz CT molecular complexity index is 447. The van der Waals surface area contributed by atoms with Gasteiger partial charge in [-0.3, -0.25) is 14.3 Å². The Labute approximate surface area is 94.1 Å². The van der Waals surface area contributed by atoms with Gasteiger partial charge in [-0.15, -0.1) is 0 Å². The fourth-order valence-corrected chi connectivity index (χ4v) is 1.33. The molecule has 1 aromatic rings. The Kier molecular flexibility index (Phi) is 4.49. The SMILES string of the molecule is CCCCOC(C)n1cc(C)c(=O)[nH]c1=O. The van der Waals surface area contributed by atoms with Crippen LogP contribution in [0.1, 0.15) is 38.5 Å².